The molecule has 1 aromatic carbocycles. The van der Waals surface area contributed by atoms with Crippen LogP contribution in [0.5, 0.6) is 0 Å². The second kappa shape index (κ2) is 7.21. The summed E-state index contributed by atoms with van der Waals surface area (Å²) in [7, 11) is 0. The van der Waals surface area contributed by atoms with Gasteiger partial charge >= 0.3 is 0 Å². The zero-order valence-electron chi connectivity index (χ0n) is 14.4. The van der Waals surface area contributed by atoms with Gasteiger partial charge in [-0.3, -0.25) is 4.79 Å². The molecule has 3 rings (SSSR count). The Bertz CT molecular complexity index is 553. The Morgan fingerprint density at radius 2 is 2.04 bits per heavy atom. The number of hydrogen-bond donors (Lipinski definition) is 2. The fraction of sp³-hybridized carbons (Fsp3) is 0.632. The third-order valence-electron chi connectivity index (χ3n) is 5.73. The molecule has 1 aliphatic carbocycles. The van der Waals surface area contributed by atoms with Gasteiger partial charge in [0.15, 0.2) is 0 Å². The van der Waals surface area contributed by atoms with Crippen molar-refractivity contribution in [2.24, 2.45) is 11.1 Å². The van der Waals surface area contributed by atoms with Crippen molar-refractivity contribution in [1.82, 2.24) is 4.90 Å². The molecule has 1 heterocycles. The molecule has 0 unspecified atom stereocenters. The minimum atomic E-state index is -0.504. The van der Waals surface area contributed by atoms with Gasteiger partial charge in [0.1, 0.15) is 0 Å². The summed E-state index contributed by atoms with van der Waals surface area (Å²) in [4.78, 5) is 14.5. The summed E-state index contributed by atoms with van der Waals surface area (Å²) in [5, 5.41) is 10.2. The third kappa shape index (κ3) is 3.21. The van der Waals surface area contributed by atoms with Gasteiger partial charge in [0, 0.05) is 31.5 Å². The SMILES string of the molecule is CCO[C@H]1C[C@H](O)C12CCN(C(=O)[C@@H](N)Cc1ccccc1)CC2. The molecule has 1 saturated carbocycles. The van der Waals surface area contributed by atoms with Crippen LogP contribution in [0.4, 0.5) is 0 Å². The van der Waals surface area contributed by atoms with Crippen LogP contribution in [0, 0.1) is 5.41 Å². The fourth-order valence-electron chi connectivity index (χ4n) is 4.15. The Labute approximate surface area is 143 Å². The van der Waals surface area contributed by atoms with Crippen molar-refractivity contribution in [2.45, 2.75) is 50.9 Å². The average Bonchev–Trinajstić information content (AvgIpc) is 2.62. The molecule has 2 aliphatic rings. The van der Waals surface area contributed by atoms with Crippen LogP contribution in [0.25, 0.3) is 0 Å². The van der Waals surface area contributed by atoms with Crippen molar-refractivity contribution in [3.63, 3.8) is 0 Å². The zero-order valence-corrected chi connectivity index (χ0v) is 14.4. The molecule has 1 amide bonds. The minimum Gasteiger partial charge on any atom is -0.392 e. The van der Waals surface area contributed by atoms with Gasteiger partial charge in [-0.2, -0.15) is 0 Å². The number of aliphatic hydroxyl groups is 1. The minimum absolute atomic E-state index is 0.00970. The van der Waals surface area contributed by atoms with E-state index >= 15 is 0 Å². The molecule has 0 bridgehead atoms. The summed E-state index contributed by atoms with van der Waals surface area (Å²) in [6.07, 6.45) is 2.70. The summed E-state index contributed by atoms with van der Waals surface area (Å²) < 4.78 is 5.78. The first-order chi connectivity index (χ1) is 11.6. The monoisotopic (exact) mass is 332 g/mol. The Morgan fingerprint density at radius 1 is 1.38 bits per heavy atom. The van der Waals surface area contributed by atoms with Crippen molar-refractivity contribution < 1.29 is 14.6 Å². The standard InChI is InChI=1S/C19H28N2O3/c1-2-24-17-13-16(22)19(17)8-10-21(11-9-19)18(23)15(20)12-14-6-4-3-5-7-14/h3-7,15-17,22H,2,8-13,20H2,1H3/t15-,16-,17-/m0/s1. The number of likely N-dealkylation sites (tertiary alicyclic amines) is 1. The number of rotatable bonds is 5. The smallest absolute Gasteiger partial charge is 0.239 e. The second-order valence-electron chi connectivity index (χ2n) is 7.05. The molecule has 1 saturated heterocycles. The summed E-state index contributed by atoms with van der Waals surface area (Å²) in [5.74, 6) is 0.00970. The number of carbonyl (C=O) groups is 1. The van der Waals surface area contributed by atoms with Gasteiger partial charge in [-0.05, 0) is 31.7 Å². The number of nitrogens with zero attached hydrogens (tertiary/aromatic N) is 1. The van der Waals surface area contributed by atoms with Crippen LogP contribution in [0.1, 0.15) is 31.7 Å². The van der Waals surface area contributed by atoms with Crippen LogP contribution in [0.3, 0.4) is 0 Å². The molecule has 1 aliphatic heterocycles. The predicted molar refractivity (Wildman–Crippen MR) is 92.4 cm³/mol. The highest BCUT2D eigenvalue weighted by Gasteiger charge is 2.56. The maximum absolute atomic E-state index is 12.6. The second-order valence-corrected chi connectivity index (χ2v) is 7.05. The van der Waals surface area contributed by atoms with Crippen molar-refractivity contribution >= 4 is 5.91 Å². The third-order valence-corrected chi connectivity index (χ3v) is 5.73. The van der Waals surface area contributed by atoms with E-state index in [1.54, 1.807) is 0 Å². The number of hydrogen-bond acceptors (Lipinski definition) is 4. The molecule has 1 aromatic rings. The lowest BCUT2D eigenvalue weighted by atomic mass is 9.58. The van der Waals surface area contributed by atoms with E-state index in [0.29, 0.717) is 26.1 Å². The molecule has 0 radical (unpaired) electrons. The van der Waals surface area contributed by atoms with E-state index in [2.05, 4.69) is 0 Å². The summed E-state index contributed by atoms with van der Waals surface area (Å²) in [6.45, 7) is 3.97. The van der Waals surface area contributed by atoms with Crippen LogP contribution in [-0.4, -0.2) is 53.9 Å². The number of nitrogens with two attached hydrogens (primary N) is 1. The first kappa shape index (κ1) is 17.4. The summed E-state index contributed by atoms with van der Waals surface area (Å²) >= 11 is 0. The van der Waals surface area contributed by atoms with E-state index < -0.39 is 6.04 Å². The topological polar surface area (TPSA) is 75.8 Å². The maximum Gasteiger partial charge on any atom is 0.239 e. The van der Waals surface area contributed by atoms with Gasteiger partial charge in [-0.15, -0.1) is 0 Å². The number of amides is 1. The predicted octanol–water partition coefficient (Wildman–Crippen LogP) is 1.33. The molecule has 24 heavy (non-hydrogen) atoms. The van der Waals surface area contributed by atoms with Crippen LogP contribution < -0.4 is 5.73 Å². The Balaban J connectivity index is 1.55. The largest absolute Gasteiger partial charge is 0.392 e. The zero-order chi connectivity index (χ0) is 17.2. The van der Waals surface area contributed by atoms with Crippen molar-refractivity contribution in [2.75, 3.05) is 19.7 Å². The number of benzene rings is 1. The summed E-state index contributed by atoms with van der Waals surface area (Å²) in [5.41, 5.74) is 7.06. The normalized spacial score (nSPS) is 26.9. The van der Waals surface area contributed by atoms with Gasteiger partial charge in [0.25, 0.3) is 0 Å². The van der Waals surface area contributed by atoms with Crippen molar-refractivity contribution in [3.05, 3.63) is 35.9 Å². The number of aliphatic hydroxyl groups excluding tert-OH is 1. The number of carbonyl (C=O) groups excluding carboxylic acids is 1. The van der Waals surface area contributed by atoms with Gasteiger partial charge in [-0.25, -0.2) is 0 Å². The average molecular weight is 332 g/mol. The lowest BCUT2D eigenvalue weighted by molar-refractivity contribution is -0.210. The molecular formula is C19H28N2O3. The first-order valence-electron chi connectivity index (χ1n) is 8.95. The van der Waals surface area contributed by atoms with Crippen LogP contribution in [-0.2, 0) is 16.0 Å². The van der Waals surface area contributed by atoms with Crippen molar-refractivity contribution in [1.29, 1.82) is 0 Å². The molecule has 3 N–H and O–H groups in total. The van der Waals surface area contributed by atoms with E-state index in [1.807, 2.05) is 42.2 Å². The Kier molecular flexibility index (Phi) is 5.23. The van der Waals surface area contributed by atoms with Gasteiger partial charge in [-0.1, -0.05) is 30.3 Å². The van der Waals surface area contributed by atoms with Gasteiger partial charge < -0.3 is 20.5 Å². The molecule has 5 nitrogen and oxygen atoms in total. The molecule has 1 spiro atoms. The Morgan fingerprint density at radius 3 is 2.62 bits per heavy atom. The van der Waals surface area contributed by atoms with E-state index in [-0.39, 0.29) is 23.5 Å². The Hall–Kier alpha value is -1.43. The van der Waals surface area contributed by atoms with Gasteiger partial charge in [0.2, 0.25) is 5.91 Å². The lowest BCUT2D eigenvalue weighted by Crippen LogP contribution is -2.63. The molecule has 0 aromatic heterocycles. The highest BCUT2D eigenvalue weighted by molar-refractivity contribution is 5.82. The maximum atomic E-state index is 12.6. The van der Waals surface area contributed by atoms with E-state index in [9.17, 15) is 9.90 Å². The van der Waals surface area contributed by atoms with E-state index in [1.165, 1.54) is 0 Å². The molecule has 2 fully saturated rings. The lowest BCUT2D eigenvalue weighted by Gasteiger charge is -2.56. The number of piperidine rings is 1. The van der Waals surface area contributed by atoms with E-state index in [4.69, 9.17) is 10.5 Å². The quantitative estimate of drug-likeness (QED) is 0.853. The first-order valence-corrected chi connectivity index (χ1v) is 8.95. The summed E-state index contributed by atoms with van der Waals surface area (Å²) in [6, 6.07) is 9.37. The number of ether oxygens (including phenoxy) is 1. The highest BCUT2D eigenvalue weighted by atomic mass is 16.5. The van der Waals surface area contributed by atoms with Crippen molar-refractivity contribution in [3.8, 4) is 0 Å². The van der Waals surface area contributed by atoms with Gasteiger partial charge in [0.05, 0.1) is 18.2 Å². The highest BCUT2D eigenvalue weighted by Crippen LogP contribution is 2.50. The fourth-order valence-corrected chi connectivity index (χ4v) is 4.15. The molecule has 132 valence electrons. The van der Waals surface area contributed by atoms with Crippen LogP contribution >= 0.6 is 0 Å². The van der Waals surface area contributed by atoms with Crippen LogP contribution in [0.15, 0.2) is 30.3 Å². The molecule has 3 atom stereocenters. The van der Waals surface area contributed by atoms with E-state index in [0.717, 1.165) is 24.8 Å². The molecule has 5 heteroatoms. The molecular weight excluding hydrogens is 304 g/mol. The van der Waals surface area contributed by atoms with Crippen LogP contribution in [0.2, 0.25) is 0 Å².